The van der Waals surface area contributed by atoms with Crippen LogP contribution in [-0.2, 0) is 9.59 Å². The summed E-state index contributed by atoms with van der Waals surface area (Å²) in [5.41, 5.74) is 0. The van der Waals surface area contributed by atoms with Crippen molar-refractivity contribution in [2.75, 3.05) is 0 Å². The van der Waals surface area contributed by atoms with Crippen molar-refractivity contribution in [3.63, 3.8) is 0 Å². The predicted octanol–water partition coefficient (Wildman–Crippen LogP) is 0.594. The highest BCUT2D eigenvalue weighted by atomic mass is 16.4. The molecular weight excluding hydrogens is 172 g/mol. The summed E-state index contributed by atoms with van der Waals surface area (Å²) in [4.78, 5) is 21.6. The molecule has 2 rings (SSSR count). The number of aliphatic carboxylic acids is 2. The third-order valence-electron chi connectivity index (χ3n) is 3.03. The van der Waals surface area contributed by atoms with E-state index in [9.17, 15) is 9.59 Å². The molecule has 2 aliphatic rings. The van der Waals surface area contributed by atoms with Crippen LogP contribution in [0.2, 0.25) is 0 Å². The van der Waals surface area contributed by atoms with Gasteiger partial charge in [0.1, 0.15) is 0 Å². The van der Waals surface area contributed by atoms with Crippen molar-refractivity contribution in [3.8, 4) is 0 Å². The van der Waals surface area contributed by atoms with Crippen molar-refractivity contribution in [2.45, 2.75) is 6.42 Å². The Morgan fingerprint density at radius 1 is 1.00 bits per heavy atom. The molecule has 0 aromatic heterocycles. The zero-order valence-corrected chi connectivity index (χ0v) is 6.88. The Morgan fingerprint density at radius 3 is 1.69 bits per heavy atom. The number of carboxylic acids is 2. The van der Waals surface area contributed by atoms with E-state index in [4.69, 9.17) is 10.2 Å². The Hall–Kier alpha value is -1.32. The molecule has 4 nitrogen and oxygen atoms in total. The molecule has 0 heterocycles. The first-order valence-corrected chi connectivity index (χ1v) is 4.25. The molecule has 2 unspecified atom stereocenters. The number of fused-ring (bicyclic) bond motifs is 2. The summed E-state index contributed by atoms with van der Waals surface area (Å²) in [6, 6.07) is 0. The first-order valence-electron chi connectivity index (χ1n) is 4.25. The first kappa shape index (κ1) is 8.29. The monoisotopic (exact) mass is 182 g/mol. The van der Waals surface area contributed by atoms with Gasteiger partial charge in [0.05, 0.1) is 11.8 Å². The van der Waals surface area contributed by atoms with Gasteiger partial charge in [0.15, 0.2) is 0 Å². The maximum absolute atomic E-state index is 10.8. The second-order valence-corrected chi connectivity index (χ2v) is 3.68. The van der Waals surface area contributed by atoms with E-state index in [-0.39, 0.29) is 11.8 Å². The molecule has 0 aromatic rings. The Bertz CT molecular complexity index is 266. The summed E-state index contributed by atoms with van der Waals surface area (Å²) >= 11 is 0. The van der Waals surface area contributed by atoms with Crippen molar-refractivity contribution in [1.29, 1.82) is 0 Å². The fraction of sp³-hybridized carbons (Fsp3) is 0.556. The molecule has 13 heavy (non-hydrogen) atoms. The number of rotatable bonds is 2. The zero-order chi connectivity index (χ0) is 9.59. The summed E-state index contributed by atoms with van der Waals surface area (Å²) in [5.74, 6) is -3.53. The van der Waals surface area contributed by atoms with Gasteiger partial charge in [-0.25, -0.2) is 0 Å². The van der Waals surface area contributed by atoms with Crippen LogP contribution in [0.3, 0.4) is 0 Å². The lowest BCUT2D eigenvalue weighted by Crippen LogP contribution is -2.32. The van der Waals surface area contributed by atoms with Crippen LogP contribution in [-0.4, -0.2) is 22.2 Å². The van der Waals surface area contributed by atoms with E-state index in [0.29, 0.717) is 6.42 Å². The van der Waals surface area contributed by atoms with Gasteiger partial charge in [-0.15, -0.1) is 0 Å². The maximum atomic E-state index is 10.8. The summed E-state index contributed by atoms with van der Waals surface area (Å²) in [6.07, 6.45) is 4.36. The summed E-state index contributed by atoms with van der Waals surface area (Å²) < 4.78 is 0. The van der Waals surface area contributed by atoms with Crippen molar-refractivity contribution in [1.82, 2.24) is 0 Å². The molecule has 4 heteroatoms. The van der Waals surface area contributed by atoms with Crippen LogP contribution in [0.25, 0.3) is 0 Å². The Kier molecular flexibility index (Phi) is 1.65. The van der Waals surface area contributed by atoms with Crippen LogP contribution >= 0.6 is 0 Å². The Labute approximate surface area is 74.9 Å². The molecule has 2 aliphatic carbocycles. The molecule has 0 spiro atoms. The van der Waals surface area contributed by atoms with E-state index in [1.165, 1.54) is 0 Å². The lowest BCUT2D eigenvalue weighted by molar-refractivity contribution is -0.154. The standard InChI is InChI=1S/C9H10O4/c10-8(11)6-4-1-2-5(3-4)7(6)9(12)13/h1-2,4-7H,3H2,(H,10,11)(H,12,13)/t4?,5?,6-,7-/m1/s1. The normalized spacial score (nSPS) is 40.9. The molecule has 2 N–H and O–H groups in total. The molecular formula is C9H10O4. The molecule has 0 aliphatic heterocycles. The summed E-state index contributed by atoms with van der Waals surface area (Å²) in [6.45, 7) is 0. The molecule has 4 atom stereocenters. The average Bonchev–Trinajstić information content (AvgIpc) is 2.60. The highest BCUT2D eigenvalue weighted by Crippen LogP contribution is 2.48. The number of allylic oxidation sites excluding steroid dienone is 2. The quantitative estimate of drug-likeness (QED) is 0.613. The van der Waals surface area contributed by atoms with E-state index in [1.807, 2.05) is 12.2 Å². The number of hydrogen-bond acceptors (Lipinski definition) is 2. The summed E-state index contributed by atoms with van der Waals surface area (Å²) in [7, 11) is 0. The topological polar surface area (TPSA) is 74.6 Å². The average molecular weight is 182 g/mol. The van der Waals surface area contributed by atoms with Gasteiger partial charge in [-0.3, -0.25) is 9.59 Å². The molecule has 1 fully saturated rings. The molecule has 0 saturated heterocycles. The van der Waals surface area contributed by atoms with Gasteiger partial charge in [0.25, 0.3) is 0 Å². The molecule has 70 valence electrons. The van der Waals surface area contributed by atoms with Crippen molar-refractivity contribution >= 4 is 11.9 Å². The van der Waals surface area contributed by atoms with Crippen LogP contribution in [0.1, 0.15) is 6.42 Å². The van der Waals surface area contributed by atoms with Gasteiger partial charge < -0.3 is 10.2 Å². The van der Waals surface area contributed by atoms with Gasteiger partial charge in [0, 0.05) is 0 Å². The van der Waals surface area contributed by atoms with Crippen molar-refractivity contribution < 1.29 is 19.8 Å². The number of carbonyl (C=O) groups is 2. The fourth-order valence-electron chi connectivity index (χ4n) is 2.50. The largest absolute Gasteiger partial charge is 0.481 e. The molecule has 1 saturated carbocycles. The van der Waals surface area contributed by atoms with Gasteiger partial charge in [-0.05, 0) is 18.3 Å². The molecule has 0 amide bonds. The predicted molar refractivity (Wildman–Crippen MR) is 43.0 cm³/mol. The van der Waals surface area contributed by atoms with Crippen LogP contribution < -0.4 is 0 Å². The van der Waals surface area contributed by atoms with E-state index < -0.39 is 23.8 Å². The third-order valence-corrected chi connectivity index (χ3v) is 3.03. The van der Waals surface area contributed by atoms with Gasteiger partial charge >= 0.3 is 11.9 Å². The van der Waals surface area contributed by atoms with Gasteiger partial charge in [0.2, 0.25) is 0 Å². The minimum Gasteiger partial charge on any atom is -0.481 e. The zero-order valence-electron chi connectivity index (χ0n) is 6.88. The van der Waals surface area contributed by atoms with Gasteiger partial charge in [-0.1, -0.05) is 12.2 Å². The number of hydrogen-bond donors (Lipinski definition) is 2. The minimum atomic E-state index is -0.982. The molecule has 2 bridgehead atoms. The van der Waals surface area contributed by atoms with Crippen molar-refractivity contribution in [3.05, 3.63) is 12.2 Å². The third kappa shape index (κ3) is 1.05. The second kappa shape index (κ2) is 2.58. The fourth-order valence-corrected chi connectivity index (χ4v) is 2.50. The molecule has 0 radical (unpaired) electrons. The van der Waals surface area contributed by atoms with E-state index >= 15 is 0 Å². The van der Waals surface area contributed by atoms with Crippen LogP contribution in [0.4, 0.5) is 0 Å². The second-order valence-electron chi connectivity index (χ2n) is 3.68. The Balaban J connectivity index is 2.30. The van der Waals surface area contributed by atoms with Crippen LogP contribution in [0.15, 0.2) is 12.2 Å². The van der Waals surface area contributed by atoms with E-state index in [1.54, 1.807) is 0 Å². The van der Waals surface area contributed by atoms with E-state index in [0.717, 1.165) is 0 Å². The maximum Gasteiger partial charge on any atom is 0.307 e. The van der Waals surface area contributed by atoms with Crippen LogP contribution in [0, 0.1) is 23.7 Å². The lowest BCUT2D eigenvalue weighted by atomic mass is 9.83. The Morgan fingerprint density at radius 2 is 1.38 bits per heavy atom. The smallest absolute Gasteiger partial charge is 0.307 e. The van der Waals surface area contributed by atoms with E-state index in [2.05, 4.69) is 0 Å². The SMILES string of the molecule is O=C(O)[C@@H]1C2C=CC(C2)[C@H]1C(=O)O. The summed E-state index contributed by atoms with van der Waals surface area (Å²) in [5, 5.41) is 17.7. The molecule has 0 aromatic carbocycles. The lowest BCUT2D eigenvalue weighted by Gasteiger charge is -2.20. The number of carboxylic acid groups (broad SMARTS) is 2. The first-order chi connectivity index (χ1) is 6.11. The highest BCUT2D eigenvalue weighted by Gasteiger charge is 2.51. The van der Waals surface area contributed by atoms with Crippen molar-refractivity contribution in [2.24, 2.45) is 23.7 Å². The van der Waals surface area contributed by atoms with Gasteiger partial charge in [-0.2, -0.15) is 0 Å². The van der Waals surface area contributed by atoms with Crippen LogP contribution in [0.5, 0.6) is 0 Å². The minimum absolute atomic E-state index is 0.0661. The highest BCUT2D eigenvalue weighted by molar-refractivity contribution is 5.82.